The number of hydrogen-bond donors (Lipinski definition) is 0. The summed E-state index contributed by atoms with van der Waals surface area (Å²) in [4.78, 5) is 5.22. The monoisotopic (exact) mass is 206 g/mol. The Morgan fingerprint density at radius 1 is 1.13 bits per heavy atom. The highest BCUT2D eigenvalue weighted by Gasteiger charge is 2.31. The Morgan fingerprint density at radius 2 is 1.87 bits per heavy atom. The Morgan fingerprint density at radius 3 is 2.53 bits per heavy atom. The van der Waals surface area contributed by atoms with Crippen LogP contribution in [0.1, 0.15) is 32.6 Å². The molecular formula is C13H22N2. The fraction of sp³-hybridized carbons (Fsp3) is 0.846. The minimum atomic E-state index is 0.861. The topological polar surface area (TPSA) is 6.48 Å². The summed E-state index contributed by atoms with van der Waals surface area (Å²) in [5.74, 6) is 6.10. The third kappa shape index (κ3) is 2.96. The van der Waals surface area contributed by atoms with Gasteiger partial charge in [0.05, 0.1) is 0 Å². The molecule has 0 aromatic rings. The van der Waals surface area contributed by atoms with E-state index in [2.05, 4.69) is 21.6 Å². The average molecular weight is 206 g/mol. The maximum Gasteiger partial charge on any atom is 0.0350 e. The maximum atomic E-state index is 3.14. The van der Waals surface area contributed by atoms with Crippen LogP contribution in [0.3, 0.4) is 0 Å². The molecular weight excluding hydrogens is 184 g/mol. The molecule has 0 unspecified atom stereocenters. The molecule has 2 heterocycles. The molecule has 0 spiro atoms. The number of likely N-dealkylation sites (tertiary alicyclic amines) is 2. The zero-order chi connectivity index (χ0) is 10.5. The predicted molar refractivity (Wildman–Crippen MR) is 63.7 cm³/mol. The van der Waals surface area contributed by atoms with Crippen LogP contribution in [0.25, 0.3) is 0 Å². The van der Waals surface area contributed by atoms with Gasteiger partial charge in [-0.3, -0.25) is 9.80 Å². The van der Waals surface area contributed by atoms with E-state index >= 15 is 0 Å². The first kappa shape index (κ1) is 11.0. The van der Waals surface area contributed by atoms with Gasteiger partial charge in [-0.1, -0.05) is 6.42 Å². The summed E-state index contributed by atoms with van der Waals surface area (Å²) in [5, 5.41) is 0. The summed E-state index contributed by atoms with van der Waals surface area (Å²) >= 11 is 0. The third-order valence-corrected chi connectivity index (χ3v) is 3.57. The van der Waals surface area contributed by atoms with Crippen molar-refractivity contribution < 1.29 is 0 Å². The van der Waals surface area contributed by atoms with Crippen molar-refractivity contribution in [1.29, 1.82) is 0 Å². The van der Waals surface area contributed by atoms with E-state index < -0.39 is 0 Å². The Kier molecular flexibility index (Phi) is 4.05. The first-order chi connectivity index (χ1) is 7.40. The molecule has 2 heteroatoms. The molecule has 0 bridgehead atoms. The van der Waals surface area contributed by atoms with Crippen molar-refractivity contribution in [2.75, 3.05) is 32.7 Å². The Balaban J connectivity index is 1.61. The molecule has 2 rings (SSSR count). The van der Waals surface area contributed by atoms with E-state index in [0.717, 1.165) is 12.5 Å². The molecule has 0 N–H and O–H groups in total. The van der Waals surface area contributed by atoms with Crippen LogP contribution in [0.4, 0.5) is 0 Å². The lowest BCUT2D eigenvalue weighted by Gasteiger charge is -2.46. The van der Waals surface area contributed by atoms with Crippen molar-refractivity contribution in [3.05, 3.63) is 0 Å². The van der Waals surface area contributed by atoms with Gasteiger partial charge in [0.25, 0.3) is 0 Å². The molecule has 84 valence electrons. The second kappa shape index (κ2) is 5.53. The average Bonchev–Trinajstić information content (AvgIpc) is 2.23. The quantitative estimate of drug-likeness (QED) is 0.647. The summed E-state index contributed by atoms with van der Waals surface area (Å²) in [6.07, 6.45) is 5.32. The van der Waals surface area contributed by atoms with Gasteiger partial charge in [0.15, 0.2) is 0 Å². The van der Waals surface area contributed by atoms with E-state index in [0.29, 0.717) is 0 Å². The highest BCUT2D eigenvalue weighted by molar-refractivity contribution is 4.97. The van der Waals surface area contributed by atoms with E-state index in [9.17, 15) is 0 Å². The molecule has 0 aliphatic carbocycles. The number of piperidine rings is 1. The van der Waals surface area contributed by atoms with Crippen LogP contribution >= 0.6 is 0 Å². The summed E-state index contributed by atoms with van der Waals surface area (Å²) in [5.41, 5.74) is 0. The Bertz CT molecular complexity index is 239. The lowest BCUT2D eigenvalue weighted by molar-refractivity contribution is 0.0250. The third-order valence-electron chi connectivity index (χ3n) is 3.57. The normalized spacial score (nSPS) is 24.3. The van der Waals surface area contributed by atoms with Crippen LogP contribution in [0.5, 0.6) is 0 Å². The van der Waals surface area contributed by atoms with Gasteiger partial charge in [-0.15, -0.1) is 11.8 Å². The van der Waals surface area contributed by atoms with Gasteiger partial charge in [-0.2, -0.15) is 0 Å². The zero-order valence-electron chi connectivity index (χ0n) is 9.84. The number of rotatable bonds is 3. The molecule has 0 saturated carbocycles. The van der Waals surface area contributed by atoms with Crippen LogP contribution < -0.4 is 0 Å². The standard InChI is InChI=1S/C13H22N2/c1-2-3-5-8-14-11-13(12-14)15-9-6-4-7-10-15/h13H,4-12H2,1H3. The van der Waals surface area contributed by atoms with Gasteiger partial charge in [-0.05, 0) is 32.9 Å². The van der Waals surface area contributed by atoms with Crippen LogP contribution in [0.2, 0.25) is 0 Å². The van der Waals surface area contributed by atoms with Crippen LogP contribution in [0.15, 0.2) is 0 Å². The van der Waals surface area contributed by atoms with Crippen molar-refractivity contribution in [1.82, 2.24) is 9.80 Å². The first-order valence-electron chi connectivity index (χ1n) is 6.26. The summed E-state index contributed by atoms with van der Waals surface area (Å²) in [6, 6.07) is 0.861. The zero-order valence-corrected chi connectivity index (χ0v) is 9.84. The maximum absolute atomic E-state index is 3.14. The van der Waals surface area contributed by atoms with E-state index in [4.69, 9.17) is 0 Å². The minimum absolute atomic E-state index is 0.861. The molecule has 0 radical (unpaired) electrons. The lowest BCUT2D eigenvalue weighted by atomic mass is 10.0. The van der Waals surface area contributed by atoms with Crippen molar-refractivity contribution in [3.8, 4) is 11.8 Å². The van der Waals surface area contributed by atoms with Crippen LogP contribution in [-0.4, -0.2) is 48.6 Å². The van der Waals surface area contributed by atoms with Gasteiger partial charge in [0.1, 0.15) is 0 Å². The smallest absolute Gasteiger partial charge is 0.0350 e. The summed E-state index contributed by atoms with van der Waals surface area (Å²) < 4.78 is 0. The van der Waals surface area contributed by atoms with Gasteiger partial charge in [0.2, 0.25) is 0 Å². The molecule has 2 saturated heterocycles. The van der Waals surface area contributed by atoms with Crippen LogP contribution in [-0.2, 0) is 0 Å². The SMILES string of the molecule is CC#CCCN1CC(N2CCCCC2)C1. The predicted octanol–water partition coefficient (Wildman–Crippen LogP) is 1.57. The molecule has 2 nitrogen and oxygen atoms in total. The molecule has 0 aromatic heterocycles. The minimum Gasteiger partial charge on any atom is -0.299 e. The van der Waals surface area contributed by atoms with E-state index in [-0.39, 0.29) is 0 Å². The van der Waals surface area contributed by atoms with Gasteiger partial charge < -0.3 is 0 Å². The molecule has 0 amide bonds. The first-order valence-corrected chi connectivity index (χ1v) is 6.26. The van der Waals surface area contributed by atoms with Gasteiger partial charge >= 0.3 is 0 Å². The number of nitrogens with zero attached hydrogens (tertiary/aromatic N) is 2. The Labute approximate surface area is 93.6 Å². The molecule has 0 aromatic carbocycles. The van der Waals surface area contributed by atoms with E-state index in [1.165, 1.54) is 52.0 Å². The lowest BCUT2D eigenvalue weighted by Crippen LogP contribution is -2.60. The summed E-state index contributed by atoms with van der Waals surface area (Å²) in [6.45, 7) is 8.34. The number of hydrogen-bond acceptors (Lipinski definition) is 2. The molecule has 2 aliphatic heterocycles. The van der Waals surface area contributed by atoms with E-state index in [1.807, 2.05) is 6.92 Å². The van der Waals surface area contributed by atoms with Crippen LogP contribution in [0, 0.1) is 11.8 Å². The molecule has 0 atom stereocenters. The second-order valence-electron chi connectivity index (χ2n) is 4.69. The second-order valence-corrected chi connectivity index (χ2v) is 4.69. The fourth-order valence-electron chi connectivity index (χ4n) is 2.58. The van der Waals surface area contributed by atoms with Gasteiger partial charge in [-0.25, -0.2) is 0 Å². The van der Waals surface area contributed by atoms with Crippen molar-refractivity contribution in [2.24, 2.45) is 0 Å². The van der Waals surface area contributed by atoms with E-state index in [1.54, 1.807) is 0 Å². The van der Waals surface area contributed by atoms with Crippen molar-refractivity contribution in [3.63, 3.8) is 0 Å². The van der Waals surface area contributed by atoms with Crippen molar-refractivity contribution >= 4 is 0 Å². The molecule has 2 fully saturated rings. The summed E-state index contributed by atoms with van der Waals surface area (Å²) in [7, 11) is 0. The van der Waals surface area contributed by atoms with Crippen molar-refractivity contribution in [2.45, 2.75) is 38.6 Å². The molecule has 15 heavy (non-hydrogen) atoms. The molecule has 2 aliphatic rings. The highest BCUT2D eigenvalue weighted by Crippen LogP contribution is 2.19. The van der Waals surface area contributed by atoms with Gasteiger partial charge in [0, 0.05) is 32.1 Å². The Hall–Kier alpha value is -0.520. The largest absolute Gasteiger partial charge is 0.299 e. The fourth-order valence-corrected chi connectivity index (χ4v) is 2.58. The highest BCUT2D eigenvalue weighted by atomic mass is 15.3.